The van der Waals surface area contributed by atoms with Crippen LogP contribution in [-0.4, -0.2) is 25.7 Å². The van der Waals surface area contributed by atoms with Gasteiger partial charge in [0, 0.05) is 18.5 Å². The van der Waals surface area contributed by atoms with Crippen molar-refractivity contribution in [1.82, 2.24) is 19.7 Å². The fraction of sp³-hybridized carbons (Fsp3) is 0.0667. The molecule has 0 atom stereocenters. The zero-order chi connectivity index (χ0) is 16.4. The highest BCUT2D eigenvalue weighted by Gasteiger charge is 2.16. The Morgan fingerprint density at radius 3 is 2.74 bits per heavy atom. The summed E-state index contributed by atoms with van der Waals surface area (Å²) in [5.74, 6) is 0.465. The highest BCUT2D eigenvalue weighted by molar-refractivity contribution is 6.35. The predicted octanol–water partition coefficient (Wildman–Crippen LogP) is 3.53. The molecule has 0 saturated carbocycles. The van der Waals surface area contributed by atoms with E-state index < -0.39 is 0 Å². The zero-order valence-electron chi connectivity index (χ0n) is 12.0. The van der Waals surface area contributed by atoms with Crippen LogP contribution in [0.4, 0.5) is 5.82 Å². The second kappa shape index (κ2) is 6.36. The van der Waals surface area contributed by atoms with Gasteiger partial charge in [-0.15, -0.1) is 0 Å². The topological polar surface area (TPSA) is 72.7 Å². The second-order valence-electron chi connectivity index (χ2n) is 4.71. The number of nitrogens with one attached hydrogen (secondary N) is 1. The number of hydrogen-bond acceptors (Lipinski definition) is 4. The van der Waals surface area contributed by atoms with E-state index in [-0.39, 0.29) is 5.91 Å². The van der Waals surface area contributed by atoms with E-state index in [2.05, 4.69) is 20.4 Å². The maximum absolute atomic E-state index is 12.3. The van der Waals surface area contributed by atoms with Crippen molar-refractivity contribution in [1.29, 1.82) is 0 Å². The first kappa shape index (κ1) is 15.5. The third-order valence-electron chi connectivity index (χ3n) is 2.96. The van der Waals surface area contributed by atoms with Gasteiger partial charge in [-0.1, -0.05) is 29.3 Å². The summed E-state index contributed by atoms with van der Waals surface area (Å²) in [5, 5.41) is 7.81. The molecular formula is C15H11Cl2N5O. The Labute approximate surface area is 142 Å². The largest absolute Gasteiger partial charge is 0.305 e. The van der Waals surface area contributed by atoms with E-state index in [0.717, 1.165) is 0 Å². The number of amides is 1. The highest BCUT2D eigenvalue weighted by Crippen LogP contribution is 2.25. The first-order valence-corrected chi connectivity index (χ1v) is 7.40. The van der Waals surface area contributed by atoms with Crippen molar-refractivity contribution in [3.63, 3.8) is 0 Å². The van der Waals surface area contributed by atoms with Gasteiger partial charge >= 0.3 is 0 Å². The molecule has 1 N–H and O–H groups in total. The number of aryl methyl sites for hydroxylation is 1. The molecule has 3 aromatic rings. The number of hydrogen-bond donors (Lipinski definition) is 1. The molecule has 8 heteroatoms. The van der Waals surface area contributed by atoms with Crippen LogP contribution in [-0.2, 0) is 0 Å². The predicted molar refractivity (Wildman–Crippen MR) is 88.3 cm³/mol. The van der Waals surface area contributed by atoms with Crippen LogP contribution in [0.5, 0.6) is 0 Å². The Morgan fingerprint density at radius 1 is 1.22 bits per heavy atom. The normalized spacial score (nSPS) is 10.6. The Balaban J connectivity index is 1.97. The van der Waals surface area contributed by atoms with E-state index in [9.17, 15) is 4.79 Å². The van der Waals surface area contributed by atoms with Crippen LogP contribution < -0.4 is 5.32 Å². The molecule has 23 heavy (non-hydrogen) atoms. The minimum Gasteiger partial charge on any atom is -0.305 e. The van der Waals surface area contributed by atoms with Crippen LogP contribution in [0.2, 0.25) is 10.0 Å². The Hall–Kier alpha value is -2.44. The van der Waals surface area contributed by atoms with Crippen LogP contribution in [0.3, 0.4) is 0 Å². The molecule has 0 radical (unpaired) electrons. The van der Waals surface area contributed by atoms with E-state index >= 15 is 0 Å². The van der Waals surface area contributed by atoms with Crippen molar-refractivity contribution in [2.45, 2.75) is 6.92 Å². The van der Waals surface area contributed by atoms with E-state index in [1.165, 1.54) is 10.9 Å². The summed E-state index contributed by atoms with van der Waals surface area (Å²) in [6, 6.07) is 8.38. The number of pyridine rings is 2. The van der Waals surface area contributed by atoms with Gasteiger partial charge in [0.05, 0.1) is 15.7 Å². The number of carbonyl (C=O) groups excluding carboxylic acids is 1. The minimum atomic E-state index is -0.350. The SMILES string of the molecule is Cc1cc(NC(=O)c2ccccn2)n(-c2ncc(Cl)cc2Cl)n1. The molecule has 0 fully saturated rings. The van der Waals surface area contributed by atoms with Gasteiger partial charge in [0.25, 0.3) is 5.91 Å². The summed E-state index contributed by atoms with van der Waals surface area (Å²) in [6.07, 6.45) is 3.01. The highest BCUT2D eigenvalue weighted by atomic mass is 35.5. The molecule has 0 aliphatic carbocycles. The average molecular weight is 348 g/mol. The Bertz CT molecular complexity index is 864. The first-order chi connectivity index (χ1) is 11.0. The lowest BCUT2D eigenvalue weighted by Gasteiger charge is -2.09. The van der Waals surface area contributed by atoms with Crippen molar-refractivity contribution in [3.05, 3.63) is 64.2 Å². The minimum absolute atomic E-state index is 0.299. The molecule has 0 unspecified atom stereocenters. The molecule has 3 aromatic heterocycles. The lowest BCUT2D eigenvalue weighted by molar-refractivity contribution is 0.102. The van der Waals surface area contributed by atoms with Gasteiger partial charge < -0.3 is 5.32 Å². The van der Waals surface area contributed by atoms with Gasteiger partial charge in [-0.2, -0.15) is 9.78 Å². The summed E-state index contributed by atoms with van der Waals surface area (Å²) in [5.41, 5.74) is 1.00. The molecule has 3 heterocycles. The lowest BCUT2D eigenvalue weighted by Crippen LogP contribution is -2.16. The number of anilines is 1. The van der Waals surface area contributed by atoms with Crippen LogP contribution in [0, 0.1) is 6.92 Å². The fourth-order valence-electron chi connectivity index (χ4n) is 1.99. The van der Waals surface area contributed by atoms with Gasteiger partial charge in [-0.05, 0) is 25.1 Å². The van der Waals surface area contributed by atoms with E-state index in [0.29, 0.717) is 33.1 Å². The van der Waals surface area contributed by atoms with Crippen LogP contribution in [0.15, 0.2) is 42.7 Å². The Kier molecular flexibility index (Phi) is 4.27. The van der Waals surface area contributed by atoms with E-state index in [4.69, 9.17) is 23.2 Å². The molecule has 3 rings (SSSR count). The molecule has 0 spiro atoms. The number of nitrogens with zero attached hydrogens (tertiary/aromatic N) is 4. The first-order valence-electron chi connectivity index (χ1n) is 6.65. The molecule has 0 aromatic carbocycles. The number of carbonyl (C=O) groups is 1. The van der Waals surface area contributed by atoms with Crippen LogP contribution >= 0.6 is 23.2 Å². The molecule has 0 saturated heterocycles. The second-order valence-corrected chi connectivity index (χ2v) is 5.55. The van der Waals surface area contributed by atoms with Crippen molar-refractivity contribution in [3.8, 4) is 5.82 Å². The molecular weight excluding hydrogens is 337 g/mol. The quantitative estimate of drug-likeness (QED) is 0.786. The summed E-state index contributed by atoms with van der Waals surface area (Å²) >= 11 is 12.0. The number of aromatic nitrogens is 4. The molecule has 116 valence electrons. The monoisotopic (exact) mass is 347 g/mol. The van der Waals surface area contributed by atoms with Crippen molar-refractivity contribution >= 4 is 34.9 Å². The van der Waals surface area contributed by atoms with Gasteiger partial charge in [0.2, 0.25) is 0 Å². The molecule has 0 aliphatic rings. The third kappa shape index (κ3) is 3.33. The van der Waals surface area contributed by atoms with Gasteiger partial charge in [0.1, 0.15) is 11.5 Å². The molecule has 6 nitrogen and oxygen atoms in total. The van der Waals surface area contributed by atoms with E-state index in [1.54, 1.807) is 43.5 Å². The fourth-order valence-corrected chi connectivity index (χ4v) is 2.45. The maximum atomic E-state index is 12.3. The lowest BCUT2D eigenvalue weighted by atomic mass is 10.3. The van der Waals surface area contributed by atoms with E-state index in [1.807, 2.05) is 0 Å². The number of halogens is 2. The zero-order valence-corrected chi connectivity index (χ0v) is 13.5. The van der Waals surface area contributed by atoms with Crippen molar-refractivity contribution in [2.24, 2.45) is 0 Å². The standard InChI is InChI=1S/C15H11Cl2N5O/c1-9-6-13(20-15(23)12-4-2-3-5-18-12)22(21-9)14-11(17)7-10(16)8-19-14/h2-8H,1H3,(H,20,23). The van der Waals surface area contributed by atoms with Crippen molar-refractivity contribution < 1.29 is 4.79 Å². The molecule has 0 bridgehead atoms. The summed E-state index contributed by atoms with van der Waals surface area (Å²) in [6.45, 7) is 1.80. The van der Waals surface area contributed by atoms with Gasteiger partial charge in [-0.3, -0.25) is 9.78 Å². The molecule has 1 amide bonds. The summed E-state index contributed by atoms with van der Waals surface area (Å²) in [4.78, 5) is 20.4. The van der Waals surface area contributed by atoms with Gasteiger partial charge in [-0.25, -0.2) is 4.98 Å². The third-order valence-corrected chi connectivity index (χ3v) is 3.44. The average Bonchev–Trinajstić information content (AvgIpc) is 2.88. The Morgan fingerprint density at radius 2 is 2.04 bits per heavy atom. The number of rotatable bonds is 3. The summed E-state index contributed by atoms with van der Waals surface area (Å²) in [7, 11) is 0. The smallest absolute Gasteiger partial charge is 0.275 e. The molecule has 0 aliphatic heterocycles. The van der Waals surface area contributed by atoms with Crippen molar-refractivity contribution in [2.75, 3.05) is 5.32 Å². The van der Waals surface area contributed by atoms with Crippen LogP contribution in [0.25, 0.3) is 5.82 Å². The maximum Gasteiger partial charge on any atom is 0.275 e. The van der Waals surface area contributed by atoms with Crippen LogP contribution in [0.1, 0.15) is 16.2 Å². The van der Waals surface area contributed by atoms with Gasteiger partial charge in [0.15, 0.2) is 5.82 Å². The summed E-state index contributed by atoms with van der Waals surface area (Å²) < 4.78 is 1.45.